The van der Waals surface area contributed by atoms with Gasteiger partial charge in [-0.1, -0.05) is 54.6 Å². The van der Waals surface area contributed by atoms with Gasteiger partial charge in [-0.15, -0.1) is 0 Å². The minimum Gasteiger partial charge on any atom is -0.345 e. The van der Waals surface area contributed by atoms with Crippen molar-refractivity contribution in [2.24, 2.45) is 0 Å². The smallest absolute Gasteiger partial charge is 0.276 e. The number of hydrogen-bond acceptors (Lipinski definition) is 3. The fourth-order valence-electron chi connectivity index (χ4n) is 3.98. The predicted octanol–water partition coefficient (Wildman–Crippen LogP) is 4.23. The van der Waals surface area contributed by atoms with Gasteiger partial charge < -0.3 is 4.90 Å². The molecule has 128 valence electrons. The van der Waals surface area contributed by atoms with E-state index in [9.17, 15) is 4.79 Å². The molecule has 1 unspecified atom stereocenters. The summed E-state index contributed by atoms with van der Waals surface area (Å²) < 4.78 is 0. The fraction of sp³-hybridized carbons (Fsp3) is 0.136. The monoisotopic (exact) mass is 341 g/mol. The van der Waals surface area contributed by atoms with Crippen molar-refractivity contribution in [3.8, 4) is 0 Å². The lowest BCUT2D eigenvalue weighted by atomic mass is 9.93. The molecule has 1 N–H and O–H groups in total. The number of rotatable bonds is 2. The summed E-state index contributed by atoms with van der Waals surface area (Å²) in [7, 11) is 0. The van der Waals surface area contributed by atoms with Crippen molar-refractivity contribution in [2.75, 3.05) is 16.9 Å². The largest absolute Gasteiger partial charge is 0.345 e. The molecule has 3 aromatic rings. The molecule has 0 saturated heterocycles. The molecule has 0 fully saturated rings. The van der Waals surface area contributed by atoms with Crippen LogP contribution < -0.4 is 10.3 Å². The molecular formula is C22H19N3O. The summed E-state index contributed by atoms with van der Waals surface area (Å²) in [6, 6.07) is 26.2. The Balaban J connectivity index is 1.66. The van der Waals surface area contributed by atoms with Crippen molar-refractivity contribution in [3.05, 3.63) is 95.6 Å². The van der Waals surface area contributed by atoms with Gasteiger partial charge in [-0.3, -0.25) is 10.2 Å². The molecular weight excluding hydrogens is 322 g/mol. The van der Waals surface area contributed by atoms with Gasteiger partial charge in [0.05, 0.1) is 16.9 Å². The highest BCUT2D eigenvalue weighted by molar-refractivity contribution is 6.02. The van der Waals surface area contributed by atoms with Crippen LogP contribution in [0.1, 0.15) is 27.7 Å². The van der Waals surface area contributed by atoms with Crippen molar-refractivity contribution in [3.63, 3.8) is 0 Å². The average molecular weight is 341 g/mol. The minimum atomic E-state index is -0.150. The van der Waals surface area contributed by atoms with E-state index in [0.29, 0.717) is 0 Å². The molecule has 5 rings (SSSR count). The van der Waals surface area contributed by atoms with Gasteiger partial charge >= 0.3 is 0 Å². The summed E-state index contributed by atoms with van der Waals surface area (Å²) >= 11 is 0. The highest BCUT2D eigenvalue weighted by Crippen LogP contribution is 2.42. The van der Waals surface area contributed by atoms with Crippen LogP contribution in [-0.2, 0) is 6.42 Å². The quantitative estimate of drug-likeness (QED) is 0.758. The average Bonchev–Trinajstić information content (AvgIpc) is 2.71. The summed E-state index contributed by atoms with van der Waals surface area (Å²) in [4.78, 5) is 15.7. The topological polar surface area (TPSA) is 35.6 Å². The van der Waals surface area contributed by atoms with Gasteiger partial charge in [0, 0.05) is 6.54 Å². The Hall–Kier alpha value is -3.27. The predicted molar refractivity (Wildman–Crippen MR) is 103 cm³/mol. The lowest BCUT2D eigenvalue weighted by Gasteiger charge is -2.48. The lowest BCUT2D eigenvalue weighted by molar-refractivity contribution is 0.0698. The van der Waals surface area contributed by atoms with Crippen LogP contribution in [0, 0.1) is 0 Å². The number of amides is 1. The molecule has 0 aliphatic carbocycles. The van der Waals surface area contributed by atoms with Crippen LogP contribution in [0.2, 0.25) is 0 Å². The summed E-state index contributed by atoms with van der Waals surface area (Å²) in [6.07, 6.45) is 0.830. The summed E-state index contributed by atoms with van der Waals surface area (Å²) in [5.41, 5.74) is 8.51. The number of hydrazine groups is 1. The zero-order valence-corrected chi connectivity index (χ0v) is 14.3. The Kier molecular flexibility index (Phi) is 3.42. The molecule has 0 radical (unpaired) electrons. The third-order valence-electron chi connectivity index (χ3n) is 5.18. The second kappa shape index (κ2) is 5.92. The van der Waals surface area contributed by atoms with Gasteiger partial charge in [0.1, 0.15) is 0 Å². The third kappa shape index (κ3) is 2.26. The van der Waals surface area contributed by atoms with Crippen molar-refractivity contribution >= 4 is 17.3 Å². The van der Waals surface area contributed by atoms with E-state index in [2.05, 4.69) is 28.5 Å². The van der Waals surface area contributed by atoms with Crippen molar-refractivity contribution < 1.29 is 4.79 Å². The number of hydrogen-bond donors (Lipinski definition) is 1. The molecule has 1 atom stereocenters. The second-order valence-corrected chi connectivity index (χ2v) is 6.69. The van der Waals surface area contributed by atoms with Gasteiger partial charge in [0.2, 0.25) is 0 Å². The maximum Gasteiger partial charge on any atom is 0.276 e. The molecule has 3 aromatic carbocycles. The SMILES string of the molecule is O=C1c2ccccc2N2CCc3ccccc3C2N1Nc1ccccc1. The second-order valence-electron chi connectivity index (χ2n) is 6.69. The highest BCUT2D eigenvalue weighted by atomic mass is 16.2. The Morgan fingerprint density at radius 1 is 0.846 bits per heavy atom. The van der Waals surface area contributed by atoms with E-state index >= 15 is 0 Å². The van der Waals surface area contributed by atoms with E-state index < -0.39 is 0 Å². The maximum absolute atomic E-state index is 13.3. The Labute approximate surface area is 152 Å². The first-order chi connectivity index (χ1) is 12.8. The van der Waals surface area contributed by atoms with Crippen molar-refractivity contribution in [1.82, 2.24) is 5.01 Å². The number of anilines is 2. The Morgan fingerprint density at radius 3 is 2.46 bits per heavy atom. The number of benzene rings is 3. The van der Waals surface area contributed by atoms with E-state index in [-0.39, 0.29) is 12.1 Å². The Bertz CT molecular complexity index is 970. The van der Waals surface area contributed by atoms with Crippen LogP contribution >= 0.6 is 0 Å². The molecule has 0 bridgehead atoms. The first kappa shape index (κ1) is 15.0. The summed E-state index contributed by atoms with van der Waals surface area (Å²) in [5.74, 6) is 0.00223. The van der Waals surface area contributed by atoms with Gasteiger partial charge in [0.15, 0.2) is 6.17 Å². The number of nitrogens with one attached hydrogen (secondary N) is 1. The van der Waals surface area contributed by atoms with E-state index in [4.69, 9.17) is 0 Å². The van der Waals surface area contributed by atoms with Gasteiger partial charge in [-0.25, -0.2) is 5.01 Å². The summed E-state index contributed by atoms with van der Waals surface area (Å²) in [6.45, 7) is 0.888. The van der Waals surface area contributed by atoms with Crippen LogP contribution in [-0.4, -0.2) is 17.5 Å². The van der Waals surface area contributed by atoms with E-state index in [1.54, 1.807) is 5.01 Å². The molecule has 0 saturated carbocycles. The van der Waals surface area contributed by atoms with Gasteiger partial charge in [0.25, 0.3) is 5.91 Å². The van der Waals surface area contributed by atoms with Crippen LogP contribution in [0.15, 0.2) is 78.9 Å². The normalized spacial score (nSPS) is 18.0. The first-order valence-electron chi connectivity index (χ1n) is 8.92. The van der Waals surface area contributed by atoms with Crippen molar-refractivity contribution in [2.45, 2.75) is 12.6 Å². The minimum absolute atomic E-state index is 0.00223. The van der Waals surface area contributed by atoms with Gasteiger partial charge in [-0.05, 0) is 41.8 Å². The fourth-order valence-corrected chi connectivity index (χ4v) is 3.98. The van der Waals surface area contributed by atoms with Crippen LogP contribution in [0.5, 0.6) is 0 Å². The lowest BCUT2D eigenvalue weighted by Crippen LogP contribution is -2.54. The molecule has 0 aromatic heterocycles. The van der Waals surface area contributed by atoms with Gasteiger partial charge in [-0.2, -0.15) is 0 Å². The zero-order valence-electron chi connectivity index (χ0n) is 14.3. The Morgan fingerprint density at radius 2 is 1.58 bits per heavy atom. The zero-order chi connectivity index (χ0) is 17.5. The van der Waals surface area contributed by atoms with Crippen molar-refractivity contribution in [1.29, 1.82) is 0 Å². The molecule has 26 heavy (non-hydrogen) atoms. The number of carbonyl (C=O) groups excluding carboxylic acids is 1. The molecule has 4 heteroatoms. The molecule has 1 amide bonds. The van der Waals surface area contributed by atoms with Crippen LogP contribution in [0.4, 0.5) is 11.4 Å². The molecule has 0 spiro atoms. The first-order valence-corrected chi connectivity index (χ1v) is 8.92. The van der Waals surface area contributed by atoms with E-state index in [1.165, 1.54) is 11.1 Å². The van der Waals surface area contributed by atoms with E-state index in [1.807, 2.05) is 60.7 Å². The van der Waals surface area contributed by atoms with Crippen LogP contribution in [0.25, 0.3) is 0 Å². The summed E-state index contributed by atoms with van der Waals surface area (Å²) in [5, 5.41) is 1.77. The standard InChI is InChI=1S/C22H19N3O/c26-22-19-12-6-7-13-20(19)24-15-14-16-8-4-5-11-18(16)21(24)25(22)23-17-9-2-1-3-10-17/h1-13,21,23H,14-15H2. The van der Waals surface area contributed by atoms with Crippen LogP contribution in [0.3, 0.4) is 0 Å². The number of nitrogens with zero attached hydrogens (tertiary/aromatic N) is 2. The number of carbonyl (C=O) groups is 1. The molecule has 2 aliphatic rings. The highest BCUT2D eigenvalue weighted by Gasteiger charge is 2.41. The molecule has 4 nitrogen and oxygen atoms in total. The number of para-hydroxylation sites is 2. The molecule has 2 aliphatic heterocycles. The molecule has 2 heterocycles. The third-order valence-corrected chi connectivity index (χ3v) is 5.18. The number of fused-ring (bicyclic) bond motifs is 5. The van der Waals surface area contributed by atoms with E-state index in [0.717, 1.165) is 29.9 Å². The maximum atomic E-state index is 13.3.